The van der Waals surface area contributed by atoms with Gasteiger partial charge in [0.25, 0.3) is 5.91 Å². The minimum Gasteiger partial charge on any atom is -0.504 e. The third kappa shape index (κ3) is 4.03. The van der Waals surface area contributed by atoms with Crippen molar-refractivity contribution in [1.82, 2.24) is 5.43 Å². The van der Waals surface area contributed by atoms with E-state index in [4.69, 9.17) is 11.6 Å². The largest absolute Gasteiger partial charge is 0.504 e. The summed E-state index contributed by atoms with van der Waals surface area (Å²) in [5.74, 6) is -1.77. The number of aromatic hydroxyl groups is 1. The van der Waals surface area contributed by atoms with E-state index in [9.17, 15) is 14.3 Å². The van der Waals surface area contributed by atoms with Gasteiger partial charge in [-0.05, 0) is 36.4 Å². The Morgan fingerprint density at radius 2 is 2.00 bits per heavy atom. The van der Waals surface area contributed by atoms with Gasteiger partial charge >= 0.3 is 0 Å². The molecular weight excluding hydrogens is 363 g/mol. The van der Waals surface area contributed by atoms with Crippen LogP contribution in [0.25, 0.3) is 0 Å². The number of hydrogen-bond donors (Lipinski definition) is 2. The number of nitrogens with one attached hydrogen (secondary N) is 1. The highest BCUT2D eigenvalue weighted by molar-refractivity contribution is 9.10. The van der Waals surface area contributed by atoms with Crippen molar-refractivity contribution in [2.24, 2.45) is 5.10 Å². The average molecular weight is 372 g/mol. The number of carbonyl (C=O) groups is 1. The summed E-state index contributed by atoms with van der Waals surface area (Å²) in [6, 6.07) is 8.84. The third-order valence-electron chi connectivity index (χ3n) is 2.53. The predicted octanol–water partition coefficient (Wildman–Crippen LogP) is 3.71. The summed E-state index contributed by atoms with van der Waals surface area (Å²) in [4.78, 5) is 11.8. The van der Waals surface area contributed by atoms with Gasteiger partial charge in [0, 0.05) is 20.6 Å². The van der Waals surface area contributed by atoms with E-state index in [0.29, 0.717) is 15.1 Å². The smallest absolute Gasteiger partial charge is 0.271 e. The van der Waals surface area contributed by atoms with Gasteiger partial charge in [0.05, 0.1) is 6.21 Å². The highest BCUT2D eigenvalue weighted by Gasteiger charge is 2.08. The van der Waals surface area contributed by atoms with Crippen LogP contribution in [0.5, 0.6) is 5.75 Å². The van der Waals surface area contributed by atoms with Crippen LogP contribution in [-0.4, -0.2) is 17.2 Å². The van der Waals surface area contributed by atoms with Gasteiger partial charge in [-0.15, -0.1) is 0 Å². The molecule has 0 aliphatic rings. The maximum atomic E-state index is 13.3. The van der Waals surface area contributed by atoms with E-state index >= 15 is 0 Å². The van der Waals surface area contributed by atoms with Crippen LogP contribution in [-0.2, 0) is 0 Å². The van der Waals surface area contributed by atoms with Crippen LogP contribution >= 0.6 is 27.5 Å². The van der Waals surface area contributed by atoms with Crippen LogP contribution in [0.3, 0.4) is 0 Å². The molecule has 0 heterocycles. The standard InChI is InChI=1S/C14H9BrClFN2O2/c15-10-5-9(13(20)12(17)6-10)7-18-19-14(21)8-1-3-11(16)4-2-8/h1-7,20H,(H,19,21)/b18-7+. The Morgan fingerprint density at radius 3 is 2.67 bits per heavy atom. The van der Waals surface area contributed by atoms with Gasteiger partial charge in [-0.25, -0.2) is 9.82 Å². The van der Waals surface area contributed by atoms with E-state index in [1.807, 2.05) is 0 Å². The molecule has 0 saturated carbocycles. The maximum absolute atomic E-state index is 13.3. The monoisotopic (exact) mass is 370 g/mol. The van der Waals surface area contributed by atoms with Crippen LogP contribution < -0.4 is 5.43 Å². The lowest BCUT2D eigenvalue weighted by atomic mass is 10.2. The molecule has 0 bridgehead atoms. The third-order valence-corrected chi connectivity index (χ3v) is 3.24. The molecule has 2 rings (SSSR count). The first-order valence-electron chi connectivity index (χ1n) is 5.74. The molecule has 2 aromatic carbocycles. The summed E-state index contributed by atoms with van der Waals surface area (Å²) in [5, 5.41) is 13.7. The average Bonchev–Trinajstić information content (AvgIpc) is 2.44. The van der Waals surface area contributed by atoms with E-state index < -0.39 is 17.5 Å². The van der Waals surface area contributed by atoms with E-state index in [-0.39, 0.29) is 5.56 Å². The highest BCUT2D eigenvalue weighted by atomic mass is 79.9. The Hall–Kier alpha value is -1.92. The number of phenols is 1. The first-order chi connectivity index (χ1) is 9.97. The SMILES string of the molecule is O=C(N/N=C/c1cc(Br)cc(F)c1O)c1ccc(Cl)cc1. The van der Waals surface area contributed by atoms with Gasteiger partial charge in [-0.3, -0.25) is 4.79 Å². The van der Waals surface area contributed by atoms with Crippen molar-refractivity contribution in [3.8, 4) is 5.75 Å². The molecule has 0 aliphatic heterocycles. The van der Waals surface area contributed by atoms with Crippen LogP contribution in [0.4, 0.5) is 4.39 Å². The number of phenolic OH excluding ortho intramolecular Hbond substituents is 1. The Labute approximate surface area is 133 Å². The summed E-state index contributed by atoms with van der Waals surface area (Å²) in [6.45, 7) is 0. The fraction of sp³-hybridized carbons (Fsp3) is 0. The lowest BCUT2D eigenvalue weighted by Gasteiger charge is -2.02. The van der Waals surface area contributed by atoms with Gasteiger partial charge in [0.15, 0.2) is 11.6 Å². The van der Waals surface area contributed by atoms with Crippen molar-refractivity contribution >= 4 is 39.7 Å². The number of hydrogen-bond acceptors (Lipinski definition) is 3. The topological polar surface area (TPSA) is 61.7 Å². The summed E-state index contributed by atoms with van der Waals surface area (Å²) in [5.41, 5.74) is 2.79. The summed E-state index contributed by atoms with van der Waals surface area (Å²) in [7, 11) is 0. The number of rotatable bonds is 3. The fourth-order valence-corrected chi connectivity index (χ4v) is 2.08. The molecule has 0 aliphatic carbocycles. The molecule has 0 spiro atoms. The number of carbonyl (C=O) groups excluding carboxylic acids is 1. The second-order valence-corrected chi connectivity index (χ2v) is 5.38. The Kier molecular flexibility index (Phi) is 4.93. The molecule has 2 aromatic rings. The summed E-state index contributed by atoms with van der Waals surface area (Å²) in [6.07, 6.45) is 1.15. The summed E-state index contributed by atoms with van der Waals surface area (Å²) >= 11 is 8.82. The number of nitrogens with zero attached hydrogens (tertiary/aromatic N) is 1. The van der Waals surface area contributed by atoms with Gasteiger partial charge in [0.1, 0.15) is 0 Å². The van der Waals surface area contributed by atoms with Crippen molar-refractivity contribution in [2.75, 3.05) is 0 Å². The Balaban J connectivity index is 2.09. The zero-order valence-corrected chi connectivity index (χ0v) is 12.8. The number of benzene rings is 2. The molecule has 0 saturated heterocycles. The Morgan fingerprint density at radius 1 is 1.33 bits per heavy atom. The molecule has 0 unspecified atom stereocenters. The highest BCUT2D eigenvalue weighted by Crippen LogP contribution is 2.24. The molecule has 0 radical (unpaired) electrons. The number of halogens is 3. The molecule has 0 fully saturated rings. The van der Waals surface area contributed by atoms with E-state index in [1.165, 1.54) is 6.07 Å². The molecule has 1 amide bonds. The lowest BCUT2D eigenvalue weighted by molar-refractivity contribution is 0.0955. The maximum Gasteiger partial charge on any atom is 0.271 e. The molecule has 108 valence electrons. The second kappa shape index (κ2) is 6.69. The van der Waals surface area contributed by atoms with Crippen molar-refractivity contribution in [2.45, 2.75) is 0 Å². The van der Waals surface area contributed by atoms with Gasteiger partial charge < -0.3 is 5.11 Å². The number of hydrazone groups is 1. The van der Waals surface area contributed by atoms with Crippen molar-refractivity contribution in [3.05, 3.63) is 62.8 Å². The molecule has 4 nitrogen and oxygen atoms in total. The van der Waals surface area contributed by atoms with E-state index in [0.717, 1.165) is 12.3 Å². The van der Waals surface area contributed by atoms with Crippen molar-refractivity contribution in [1.29, 1.82) is 0 Å². The zero-order chi connectivity index (χ0) is 15.4. The van der Waals surface area contributed by atoms with Gasteiger partial charge in [0.2, 0.25) is 0 Å². The Bertz CT molecular complexity index is 705. The predicted molar refractivity (Wildman–Crippen MR) is 82.3 cm³/mol. The number of amides is 1. The van der Waals surface area contributed by atoms with Crippen molar-refractivity contribution in [3.63, 3.8) is 0 Å². The molecule has 2 N–H and O–H groups in total. The molecule has 7 heteroatoms. The van der Waals surface area contributed by atoms with Crippen LogP contribution in [0.1, 0.15) is 15.9 Å². The van der Waals surface area contributed by atoms with E-state index in [1.54, 1.807) is 24.3 Å². The molecule has 0 atom stereocenters. The molecular formula is C14H9BrClFN2O2. The first-order valence-corrected chi connectivity index (χ1v) is 6.91. The quantitative estimate of drug-likeness (QED) is 0.638. The van der Waals surface area contributed by atoms with Crippen molar-refractivity contribution < 1.29 is 14.3 Å². The second-order valence-electron chi connectivity index (χ2n) is 4.03. The minimum atomic E-state index is -0.783. The normalized spacial score (nSPS) is 10.8. The first kappa shape index (κ1) is 15.5. The van der Waals surface area contributed by atoms with Crippen LogP contribution in [0.15, 0.2) is 46.0 Å². The van der Waals surface area contributed by atoms with Crippen LogP contribution in [0.2, 0.25) is 5.02 Å². The van der Waals surface area contributed by atoms with Crippen LogP contribution in [0, 0.1) is 5.82 Å². The molecule has 0 aromatic heterocycles. The minimum absolute atomic E-state index is 0.137. The molecule has 21 heavy (non-hydrogen) atoms. The lowest BCUT2D eigenvalue weighted by Crippen LogP contribution is -2.17. The fourth-order valence-electron chi connectivity index (χ4n) is 1.51. The zero-order valence-electron chi connectivity index (χ0n) is 10.5. The van der Waals surface area contributed by atoms with E-state index in [2.05, 4.69) is 26.5 Å². The van der Waals surface area contributed by atoms with Gasteiger partial charge in [-0.1, -0.05) is 27.5 Å². The van der Waals surface area contributed by atoms with Gasteiger partial charge in [-0.2, -0.15) is 5.10 Å². The summed E-state index contributed by atoms with van der Waals surface area (Å²) < 4.78 is 13.7.